The van der Waals surface area contributed by atoms with Crippen molar-refractivity contribution in [2.24, 2.45) is 0 Å². The molecular formula is C13H13N3O3. The molecule has 1 unspecified atom stereocenters. The smallest absolute Gasteiger partial charge is 0.335 e. The lowest BCUT2D eigenvalue weighted by Crippen LogP contribution is -2.28. The Hall–Kier alpha value is -2.55. The second-order valence-corrected chi connectivity index (χ2v) is 4.31. The average Bonchev–Trinajstić information content (AvgIpc) is 2.80. The number of benzene rings is 1. The molecule has 1 aromatic carbocycles. The Morgan fingerprint density at radius 1 is 1.63 bits per heavy atom. The Labute approximate surface area is 109 Å². The van der Waals surface area contributed by atoms with Crippen LogP contribution in [0.15, 0.2) is 22.6 Å². The van der Waals surface area contributed by atoms with Crippen LogP contribution in [0.5, 0.6) is 0 Å². The number of fused-ring (bicyclic) bond motifs is 1. The van der Waals surface area contributed by atoms with Crippen LogP contribution in [0.2, 0.25) is 0 Å². The lowest BCUT2D eigenvalue weighted by atomic mass is 10.2. The Bertz CT molecular complexity index is 657. The summed E-state index contributed by atoms with van der Waals surface area (Å²) in [6.45, 7) is 1.89. The quantitative estimate of drug-likeness (QED) is 0.905. The first kappa shape index (κ1) is 12.9. The van der Waals surface area contributed by atoms with Gasteiger partial charge in [0.1, 0.15) is 5.52 Å². The molecule has 1 aromatic heterocycles. The molecule has 1 N–H and O–H groups in total. The summed E-state index contributed by atoms with van der Waals surface area (Å²) in [5, 5.41) is 17.6. The highest BCUT2D eigenvalue weighted by atomic mass is 16.4. The number of carbonyl (C=O) groups is 1. The molecule has 0 aliphatic carbocycles. The van der Waals surface area contributed by atoms with Gasteiger partial charge in [0, 0.05) is 13.1 Å². The maximum Gasteiger partial charge on any atom is 0.335 e. The second kappa shape index (κ2) is 4.98. The van der Waals surface area contributed by atoms with Crippen LogP contribution in [-0.4, -0.2) is 29.1 Å². The number of nitrogens with zero attached hydrogens (tertiary/aromatic N) is 3. The highest BCUT2D eigenvalue weighted by Gasteiger charge is 2.16. The number of hydrogen-bond acceptors (Lipinski definition) is 5. The molecule has 6 nitrogen and oxygen atoms in total. The van der Waals surface area contributed by atoms with Crippen molar-refractivity contribution in [3.8, 4) is 6.07 Å². The van der Waals surface area contributed by atoms with Crippen molar-refractivity contribution in [2.45, 2.75) is 19.4 Å². The van der Waals surface area contributed by atoms with Crippen LogP contribution >= 0.6 is 0 Å². The monoisotopic (exact) mass is 259 g/mol. The zero-order valence-electron chi connectivity index (χ0n) is 10.6. The van der Waals surface area contributed by atoms with E-state index in [1.54, 1.807) is 18.0 Å². The molecule has 1 heterocycles. The molecule has 19 heavy (non-hydrogen) atoms. The fraction of sp³-hybridized carbons (Fsp3) is 0.308. The first-order chi connectivity index (χ1) is 9.02. The molecule has 0 saturated carbocycles. The molecule has 0 fully saturated rings. The SMILES string of the molecule is CC(CC#N)N(C)c1nc2ccc(C(=O)O)cc2o1. The zero-order valence-corrected chi connectivity index (χ0v) is 10.6. The minimum Gasteiger partial charge on any atom is -0.478 e. The van der Waals surface area contributed by atoms with Gasteiger partial charge in [0.05, 0.1) is 18.1 Å². The van der Waals surface area contributed by atoms with E-state index >= 15 is 0 Å². The molecule has 0 spiro atoms. The molecule has 1 atom stereocenters. The maximum atomic E-state index is 10.9. The zero-order chi connectivity index (χ0) is 14.0. The van der Waals surface area contributed by atoms with E-state index in [2.05, 4.69) is 11.1 Å². The number of aromatic nitrogens is 1. The molecule has 0 amide bonds. The van der Waals surface area contributed by atoms with Gasteiger partial charge in [0.2, 0.25) is 0 Å². The van der Waals surface area contributed by atoms with Gasteiger partial charge < -0.3 is 14.4 Å². The predicted octanol–water partition coefficient (Wildman–Crippen LogP) is 2.26. The van der Waals surface area contributed by atoms with Crippen molar-refractivity contribution in [1.82, 2.24) is 4.98 Å². The van der Waals surface area contributed by atoms with Gasteiger partial charge in [-0.05, 0) is 25.1 Å². The molecule has 0 radical (unpaired) electrons. The molecule has 0 aliphatic heterocycles. The number of carboxylic acids is 1. The number of aromatic carboxylic acids is 1. The van der Waals surface area contributed by atoms with Crippen molar-refractivity contribution >= 4 is 23.1 Å². The van der Waals surface area contributed by atoms with Crippen LogP contribution in [0.3, 0.4) is 0 Å². The van der Waals surface area contributed by atoms with Crippen LogP contribution in [0.4, 0.5) is 6.01 Å². The number of carboxylic acid groups (broad SMARTS) is 1. The van der Waals surface area contributed by atoms with Gasteiger partial charge in [-0.1, -0.05) is 0 Å². The van der Waals surface area contributed by atoms with Crippen LogP contribution in [0.1, 0.15) is 23.7 Å². The highest BCUT2D eigenvalue weighted by molar-refractivity contribution is 5.92. The first-order valence-electron chi connectivity index (χ1n) is 5.76. The van der Waals surface area contributed by atoms with E-state index < -0.39 is 5.97 Å². The summed E-state index contributed by atoms with van der Waals surface area (Å²) in [4.78, 5) is 16.9. The fourth-order valence-corrected chi connectivity index (χ4v) is 1.65. The first-order valence-corrected chi connectivity index (χ1v) is 5.76. The van der Waals surface area contributed by atoms with Crippen molar-refractivity contribution in [1.29, 1.82) is 5.26 Å². The summed E-state index contributed by atoms with van der Waals surface area (Å²) in [7, 11) is 1.78. The Kier molecular flexibility index (Phi) is 3.38. The second-order valence-electron chi connectivity index (χ2n) is 4.31. The predicted molar refractivity (Wildman–Crippen MR) is 69.1 cm³/mol. The number of hydrogen-bond donors (Lipinski definition) is 1. The third-order valence-corrected chi connectivity index (χ3v) is 2.97. The van der Waals surface area contributed by atoms with E-state index in [9.17, 15) is 4.79 Å². The Morgan fingerprint density at radius 2 is 2.37 bits per heavy atom. The third kappa shape index (κ3) is 2.50. The standard InChI is InChI=1S/C13H13N3O3/c1-8(5-6-14)16(2)13-15-10-4-3-9(12(17)18)7-11(10)19-13/h3-4,7-8H,5H2,1-2H3,(H,17,18). The largest absolute Gasteiger partial charge is 0.478 e. The summed E-state index contributed by atoms with van der Waals surface area (Å²) in [6.07, 6.45) is 0.357. The molecule has 6 heteroatoms. The summed E-state index contributed by atoms with van der Waals surface area (Å²) in [5.74, 6) is -1.01. The average molecular weight is 259 g/mol. The molecule has 0 aliphatic rings. The minimum absolute atomic E-state index is 0.0305. The Morgan fingerprint density at radius 3 is 3.00 bits per heavy atom. The van der Waals surface area contributed by atoms with E-state index in [0.717, 1.165) is 0 Å². The minimum atomic E-state index is -1.01. The maximum absolute atomic E-state index is 10.9. The molecule has 0 bridgehead atoms. The lowest BCUT2D eigenvalue weighted by molar-refractivity contribution is 0.0697. The topological polar surface area (TPSA) is 90.4 Å². The van der Waals surface area contributed by atoms with Gasteiger partial charge in [0.25, 0.3) is 6.01 Å². The van der Waals surface area contributed by atoms with E-state index in [-0.39, 0.29) is 11.6 Å². The van der Waals surface area contributed by atoms with E-state index in [1.807, 2.05) is 6.92 Å². The van der Waals surface area contributed by atoms with Crippen LogP contribution < -0.4 is 4.90 Å². The van der Waals surface area contributed by atoms with Gasteiger partial charge in [-0.3, -0.25) is 0 Å². The number of rotatable bonds is 4. The number of oxazole rings is 1. The molecular weight excluding hydrogens is 246 g/mol. The summed E-state index contributed by atoms with van der Waals surface area (Å²) < 4.78 is 5.53. The number of anilines is 1. The number of nitriles is 1. The summed E-state index contributed by atoms with van der Waals surface area (Å²) in [6, 6.07) is 6.96. The third-order valence-electron chi connectivity index (χ3n) is 2.97. The van der Waals surface area contributed by atoms with E-state index in [4.69, 9.17) is 14.8 Å². The lowest BCUT2D eigenvalue weighted by Gasteiger charge is -2.20. The van der Waals surface area contributed by atoms with Crippen molar-refractivity contribution in [3.63, 3.8) is 0 Å². The van der Waals surface area contributed by atoms with E-state index in [1.165, 1.54) is 12.1 Å². The van der Waals surface area contributed by atoms with Crippen LogP contribution in [-0.2, 0) is 0 Å². The highest BCUT2D eigenvalue weighted by Crippen LogP contribution is 2.23. The molecule has 2 aromatic rings. The summed E-state index contributed by atoms with van der Waals surface area (Å²) in [5.41, 5.74) is 1.17. The van der Waals surface area contributed by atoms with Crippen molar-refractivity contribution < 1.29 is 14.3 Å². The molecule has 2 rings (SSSR count). The van der Waals surface area contributed by atoms with Gasteiger partial charge in [-0.2, -0.15) is 10.2 Å². The van der Waals surface area contributed by atoms with Gasteiger partial charge >= 0.3 is 5.97 Å². The fourth-order valence-electron chi connectivity index (χ4n) is 1.65. The molecule has 98 valence electrons. The van der Waals surface area contributed by atoms with Gasteiger partial charge in [0.15, 0.2) is 5.58 Å². The van der Waals surface area contributed by atoms with Crippen LogP contribution in [0.25, 0.3) is 11.1 Å². The van der Waals surface area contributed by atoms with Crippen molar-refractivity contribution in [3.05, 3.63) is 23.8 Å². The van der Waals surface area contributed by atoms with Crippen molar-refractivity contribution in [2.75, 3.05) is 11.9 Å². The Balaban J connectivity index is 2.36. The summed E-state index contributed by atoms with van der Waals surface area (Å²) >= 11 is 0. The van der Waals surface area contributed by atoms with Gasteiger partial charge in [-0.25, -0.2) is 4.79 Å². The van der Waals surface area contributed by atoms with E-state index in [0.29, 0.717) is 23.5 Å². The van der Waals surface area contributed by atoms with Gasteiger partial charge in [-0.15, -0.1) is 0 Å². The van der Waals surface area contributed by atoms with Crippen LogP contribution in [0, 0.1) is 11.3 Å². The normalized spacial score (nSPS) is 12.1. The molecule has 0 saturated heterocycles.